The van der Waals surface area contributed by atoms with Crippen molar-refractivity contribution in [1.29, 1.82) is 0 Å². The van der Waals surface area contributed by atoms with Crippen LogP contribution in [0.5, 0.6) is 0 Å². The number of hydrogen-bond acceptors (Lipinski definition) is 3. The summed E-state index contributed by atoms with van der Waals surface area (Å²) in [4.78, 5) is 2.51. The minimum absolute atomic E-state index is 0.00201. The third-order valence-corrected chi connectivity index (χ3v) is 4.19. The molecular weight excluding hydrogens is 224 g/mol. The lowest BCUT2D eigenvalue weighted by Crippen LogP contribution is -2.50. The van der Waals surface area contributed by atoms with Crippen LogP contribution >= 0.6 is 0 Å². The molecule has 0 aliphatic carbocycles. The van der Waals surface area contributed by atoms with Gasteiger partial charge in [0.15, 0.2) is 0 Å². The van der Waals surface area contributed by atoms with E-state index >= 15 is 0 Å². The van der Waals surface area contributed by atoms with Gasteiger partial charge in [-0.1, -0.05) is 6.92 Å². The highest BCUT2D eigenvalue weighted by Gasteiger charge is 2.36. The van der Waals surface area contributed by atoms with Crippen molar-refractivity contribution in [1.82, 2.24) is 14.7 Å². The number of nitrogens with zero attached hydrogens (tertiary/aromatic N) is 3. The lowest BCUT2D eigenvalue weighted by Gasteiger charge is -2.40. The number of nitrogens with two attached hydrogens (primary N) is 1. The van der Waals surface area contributed by atoms with Gasteiger partial charge in [-0.15, -0.1) is 0 Å². The SMILES string of the molecule is CCCn1nccc1C(N)C(C)(C)N1CCCC1. The van der Waals surface area contributed by atoms with E-state index in [1.807, 2.05) is 6.20 Å². The fourth-order valence-electron chi connectivity index (χ4n) is 2.86. The zero-order chi connectivity index (χ0) is 13.2. The predicted octanol–water partition coefficient (Wildman–Crippen LogP) is 2.17. The molecule has 2 heterocycles. The van der Waals surface area contributed by atoms with Gasteiger partial charge in [0, 0.05) is 18.3 Å². The van der Waals surface area contributed by atoms with Gasteiger partial charge >= 0.3 is 0 Å². The first-order valence-corrected chi connectivity index (χ1v) is 7.09. The van der Waals surface area contributed by atoms with E-state index in [0.29, 0.717) is 0 Å². The second kappa shape index (κ2) is 5.41. The van der Waals surface area contributed by atoms with E-state index in [4.69, 9.17) is 5.73 Å². The van der Waals surface area contributed by atoms with Gasteiger partial charge in [-0.2, -0.15) is 5.10 Å². The zero-order valence-corrected chi connectivity index (χ0v) is 11.9. The Morgan fingerprint density at radius 3 is 2.67 bits per heavy atom. The van der Waals surface area contributed by atoms with Crippen molar-refractivity contribution < 1.29 is 0 Å². The lowest BCUT2D eigenvalue weighted by molar-refractivity contribution is 0.120. The van der Waals surface area contributed by atoms with Crippen molar-refractivity contribution in [2.75, 3.05) is 13.1 Å². The van der Waals surface area contributed by atoms with Crippen LogP contribution in [0.25, 0.3) is 0 Å². The molecule has 0 saturated carbocycles. The van der Waals surface area contributed by atoms with E-state index < -0.39 is 0 Å². The Balaban J connectivity index is 2.18. The normalized spacial score (nSPS) is 19.3. The maximum atomic E-state index is 6.53. The molecule has 4 heteroatoms. The van der Waals surface area contributed by atoms with Crippen molar-refractivity contribution >= 4 is 0 Å². The molecule has 1 aromatic heterocycles. The Hall–Kier alpha value is -0.870. The Kier molecular flexibility index (Phi) is 4.07. The molecule has 2 N–H and O–H groups in total. The van der Waals surface area contributed by atoms with Gasteiger partial charge in [0.1, 0.15) is 0 Å². The van der Waals surface area contributed by atoms with Crippen molar-refractivity contribution in [3.8, 4) is 0 Å². The number of aryl methyl sites for hydroxylation is 1. The third-order valence-electron chi connectivity index (χ3n) is 4.19. The molecule has 1 unspecified atom stereocenters. The van der Waals surface area contributed by atoms with E-state index in [0.717, 1.165) is 18.7 Å². The molecule has 1 fully saturated rings. The molecule has 1 aliphatic heterocycles. The maximum absolute atomic E-state index is 6.53. The average molecular weight is 250 g/mol. The first kappa shape index (κ1) is 13.6. The topological polar surface area (TPSA) is 47.1 Å². The molecule has 2 rings (SSSR count). The summed E-state index contributed by atoms with van der Waals surface area (Å²) in [6.45, 7) is 9.97. The average Bonchev–Trinajstić information content (AvgIpc) is 2.99. The van der Waals surface area contributed by atoms with E-state index in [1.54, 1.807) is 0 Å². The van der Waals surface area contributed by atoms with Gasteiger partial charge in [-0.05, 0) is 52.3 Å². The summed E-state index contributed by atoms with van der Waals surface area (Å²) in [5.41, 5.74) is 7.69. The summed E-state index contributed by atoms with van der Waals surface area (Å²) in [5.74, 6) is 0. The van der Waals surface area contributed by atoms with Crippen LogP contribution in [0, 0.1) is 0 Å². The van der Waals surface area contributed by atoms with E-state index in [9.17, 15) is 0 Å². The van der Waals surface area contributed by atoms with Gasteiger partial charge in [0.25, 0.3) is 0 Å². The van der Waals surface area contributed by atoms with Gasteiger partial charge in [-0.3, -0.25) is 9.58 Å². The molecule has 102 valence electrons. The molecule has 1 aliphatic rings. The number of likely N-dealkylation sites (tertiary alicyclic amines) is 1. The van der Waals surface area contributed by atoms with Crippen LogP contribution in [0.4, 0.5) is 0 Å². The third kappa shape index (κ3) is 2.45. The second-order valence-corrected chi connectivity index (χ2v) is 5.80. The largest absolute Gasteiger partial charge is 0.321 e. The minimum Gasteiger partial charge on any atom is -0.321 e. The lowest BCUT2D eigenvalue weighted by atomic mass is 9.90. The summed E-state index contributed by atoms with van der Waals surface area (Å²) in [6.07, 6.45) is 5.55. The Bertz CT molecular complexity index is 377. The molecule has 0 aromatic carbocycles. The highest BCUT2D eigenvalue weighted by Crippen LogP contribution is 2.31. The first-order valence-electron chi connectivity index (χ1n) is 7.09. The Morgan fingerprint density at radius 2 is 2.06 bits per heavy atom. The van der Waals surface area contributed by atoms with E-state index in [2.05, 4.69) is 41.5 Å². The molecule has 4 nitrogen and oxygen atoms in total. The first-order chi connectivity index (χ1) is 8.57. The predicted molar refractivity (Wildman–Crippen MR) is 74.3 cm³/mol. The van der Waals surface area contributed by atoms with Gasteiger partial charge < -0.3 is 5.73 Å². The van der Waals surface area contributed by atoms with Crippen LogP contribution in [-0.4, -0.2) is 33.3 Å². The maximum Gasteiger partial charge on any atom is 0.0648 e. The number of hydrogen-bond donors (Lipinski definition) is 1. The molecule has 0 bridgehead atoms. The molecule has 0 amide bonds. The van der Waals surface area contributed by atoms with Crippen LogP contribution < -0.4 is 5.73 Å². The number of rotatable bonds is 5. The monoisotopic (exact) mass is 250 g/mol. The summed E-state index contributed by atoms with van der Waals surface area (Å²) < 4.78 is 2.06. The molecule has 1 saturated heterocycles. The summed E-state index contributed by atoms with van der Waals surface area (Å²) >= 11 is 0. The summed E-state index contributed by atoms with van der Waals surface area (Å²) in [7, 11) is 0. The fourth-order valence-corrected chi connectivity index (χ4v) is 2.86. The highest BCUT2D eigenvalue weighted by atomic mass is 15.3. The highest BCUT2D eigenvalue weighted by molar-refractivity contribution is 5.13. The van der Waals surface area contributed by atoms with Gasteiger partial charge in [0.05, 0.1) is 11.7 Å². The molecule has 1 atom stereocenters. The van der Waals surface area contributed by atoms with Crippen LogP contribution in [0.2, 0.25) is 0 Å². The Morgan fingerprint density at radius 1 is 1.39 bits per heavy atom. The van der Waals surface area contributed by atoms with Crippen molar-refractivity contribution in [3.05, 3.63) is 18.0 Å². The molecule has 0 spiro atoms. The summed E-state index contributed by atoms with van der Waals surface area (Å²) in [5, 5.41) is 4.39. The van der Waals surface area contributed by atoms with Gasteiger partial charge in [-0.25, -0.2) is 0 Å². The van der Waals surface area contributed by atoms with Crippen LogP contribution in [0.15, 0.2) is 12.3 Å². The van der Waals surface area contributed by atoms with E-state index in [1.165, 1.54) is 25.9 Å². The van der Waals surface area contributed by atoms with Crippen molar-refractivity contribution in [2.24, 2.45) is 5.73 Å². The zero-order valence-electron chi connectivity index (χ0n) is 11.9. The van der Waals surface area contributed by atoms with Gasteiger partial charge in [0.2, 0.25) is 0 Å². The molecule has 1 aromatic rings. The smallest absolute Gasteiger partial charge is 0.0648 e. The molecular formula is C14H26N4. The fraction of sp³-hybridized carbons (Fsp3) is 0.786. The minimum atomic E-state index is 0.00201. The van der Waals surface area contributed by atoms with Crippen molar-refractivity contribution in [2.45, 2.75) is 58.2 Å². The van der Waals surface area contributed by atoms with Crippen LogP contribution in [-0.2, 0) is 6.54 Å². The van der Waals surface area contributed by atoms with E-state index in [-0.39, 0.29) is 11.6 Å². The number of aromatic nitrogens is 2. The van der Waals surface area contributed by atoms with Crippen LogP contribution in [0.1, 0.15) is 51.8 Å². The van der Waals surface area contributed by atoms with Crippen LogP contribution in [0.3, 0.4) is 0 Å². The second-order valence-electron chi connectivity index (χ2n) is 5.80. The summed E-state index contributed by atoms with van der Waals surface area (Å²) in [6, 6.07) is 2.09. The molecule has 0 radical (unpaired) electrons. The standard InChI is InChI=1S/C14H26N4/c1-4-9-18-12(7-8-16-18)13(15)14(2,3)17-10-5-6-11-17/h7-8,13H,4-6,9-11,15H2,1-3H3. The van der Waals surface area contributed by atoms with Crippen molar-refractivity contribution in [3.63, 3.8) is 0 Å². The molecule has 18 heavy (non-hydrogen) atoms. The quantitative estimate of drug-likeness (QED) is 0.871. The Labute approximate surface area is 110 Å².